The Bertz CT molecular complexity index is 3510. The number of alkyl halides is 2. The molecular formula is C83H130Cl2N10O21. The molecule has 1 aromatic carbocycles. The smallest absolute Gasteiger partial charge is 0.247 e. The molecule has 116 heavy (non-hydrogen) atoms. The normalized spacial score (nSPS) is 40.2. The van der Waals surface area contributed by atoms with Crippen molar-refractivity contribution < 1.29 is 103 Å². The first kappa shape index (κ1) is 89.7. The van der Waals surface area contributed by atoms with Gasteiger partial charge < -0.3 is 118 Å². The molecule has 14 aliphatic rings. The zero-order valence-corrected chi connectivity index (χ0v) is 69.0. The number of likely N-dealkylation sites (N-methyl/N-ethyl adjacent to an activating group) is 1. The van der Waals surface area contributed by atoms with Crippen LogP contribution in [0, 0.1) is 71.0 Å². The van der Waals surface area contributed by atoms with Crippen LogP contribution in [0.2, 0.25) is 0 Å². The summed E-state index contributed by atoms with van der Waals surface area (Å²) in [4.78, 5) is 123. The molecule has 31 nitrogen and oxygen atoms in total. The van der Waals surface area contributed by atoms with E-state index in [1.807, 2.05) is 13.8 Å². The van der Waals surface area contributed by atoms with Crippen molar-refractivity contribution in [2.24, 2.45) is 76.7 Å². The molecule has 0 radical (unpaired) electrons. The summed E-state index contributed by atoms with van der Waals surface area (Å²) in [6.45, 7) is 5.82. The SMILES string of the molecule is CCCCCCCCCCCCCNCC1[C@H](O)C2C3C[C@H](CC[C@H]3O)[C@H]3NC(=O)[C@@H]4NC(=O)[C@H](CC(N)=O)NC(=O)[C@H](NC(=O)[C@@H](CC(C)C)NC)[C@H](O)[C@H]5CC[C@@H](Oc6cc4cc(c6O[C@@H]4O[C@H](CO)[C@@H](O)[C@H](O)[C@H]4O)O[C@@H]4CC[C@@H](C[C@@H]4Cl)[C@@H](O)[C@H](NC3=O)C(=O)N[C@H](C(=O)NC3C4CC6CC(C4)CC3C6)C2C[C@@H]1O)[C@H](Cl)C5. The fourth-order valence-electron chi connectivity index (χ4n) is 21.8. The van der Waals surface area contributed by atoms with Gasteiger partial charge in [0.2, 0.25) is 59.3 Å². The lowest BCUT2D eigenvalue weighted by Gasteiger charge is -2.55. The molecule has 8 saturated carbocycles. The van der Waals surface area contributed by atoms with Gasteiger partial charge in [0.25, 0.3) is 0 Å². The first-order chi connectivity index (χ1) is 55.5. The molecule has 652 valence electrons. The number of benzene rings is 1. The molecule has 1 aromatic rings. The Morgan fingerprint density at radius 3 is 1.76 bits per heavy atom. The van der Waals surface area contributed by atoms with Crippen molar-refractivity contribution in [2.45, 2.75) is 333 Å². The van der Waals surface area contributed by atoms with Crippen molar-refractivity contribution in [3.63, 3.8) is 0 Å². The lowest BCUT2D eigenvalue weighted by Crippen LogP contribution is -2.68. The van der Waals surface area contributed by atoms with E-state index in [2.05, 4.69) is 54.8 Å². The minimum atomic E-state index is -2.12. The number of aliphatic hydroxyl groups is 9. The van der Waals surface area contributed by atoms with E-state index >= 15 is 28.8 Å². The summed E-state index contributed by atoms with van der Waals surface area (Å²) < 4.78 is 26.3. The summed E-state index contributed by atoms with van der Waals surface area (Å²) in [5.74, 6) is -14.7. The third kappa shape index (κ3) is 21.0. The van der Waals surface area contributed by atoms with Gasteiger partial charge in [-0.15, -0.1) is 23.2 Å². The first-order valence-electron chi connectivity index (χ1n) is 43.5. The molecule has 15 bridgehead atoms. The third-order valence-electron chi connectivity index (χ3n) is 28.0. The number of unbranched alkanes of at least 4 members (excludes halogenated alkanes) is 10. The molecule has 10 fully saturated rings. The number of carbonyl (C=O) groups is 8. The average molecular weight is 1670 g/mol. The fourth-order valence-corrected chi connectivity index (χ4v) is 22.6. The average Bonchev–Trinajstić information content (AvgIpc) is 0.752. The number of primary amides is 1. The standard InChI is InChI=1S/C83H130Cl2N10O21/c1-5-6-7-8-9-10-11-12-13-14-15-22-88-36-49-55(98)34-48-62(71(49)102)47-29-41(16-19-54(47)97)64-78(108)95-68(82(112)93-66(48)80(110)90-63-44-25-39-24-40(27-44)28-45(63)26-39)70(101)43-18-21-57(51(85)31-43)114-59-33-46-32-58(75(59)116-83-74(105)73(104)72(103)60(37-96)115-83)113-56-20-17-42(30-50(56)84)69(100)67(94-76(106)52(87-4)23-38(2)3)81(111)89-53(35-61(86)99)77(107)91-65(46)79(109)92-64/h32-33,38-45,47-57,60,62-74,83,87-88,96-98,100-105H,5-31,34-37H2,1-4H3,(H2,86,99)(H,89,111)(H,90,110)(H,91,107)(H,92,109)(H,93,112)(H,94,106)(H,95,108)/t39?,40?,41-,42-,43-,44?,45?,47?,48?,49?,50+,51-,52+,53-,54+,55-,56+,57+,60+,62?,63?,64+,65+,66-,67+,68-,69+,70+,71-,72+,73-,74+,83-/m0/s1. The predicted molar refractivity (Wildman–Crippen MR) is 425 cm³/mol. The summed E-state index contributed by atoms with van der Waals surface area (Å²) in [7, 11) is 1.55. The van der Waals surface area contributed by atoms with Crippen molar-refractivity contribution in [3.8, 4) is 17.2 Å². The Kier molecular flexibility index (Phi) is 31.3. The summed E-state index contributed by atoms with van der Waals surface area (Å²) >= 11 is 14.8. The molecular weight excluding hydrogens is 1540 g/mol. The van der Waals surface area contributed by atoms with Gasteiger partial charge in [-0.2, -0.15) is 0 Å². The lowest BCUT2D eigenvalue weighted by molar-refractivity contribution is -0.278. The summed E-state index contributed by atoms with van der Waals surface area (Å²) in [5.41, 5.74) is 5.64. The second kappa shape index (κ2) is 40.4. The number of halogens is 2. The van der Waals surface area contributed by atoms with Gasteiger partial charge in [0.05, 0.1) is 60.3 Å². The van der Waals surface area contributed by atoms with Crippen LogP contribution in [0.25, 0.3) is 0 Å². The number of ether oxygens (including phenoxy) is 4. The Hall–Kier alpha value is -5.52. The van der Waals surface area contributed by atoms with Gasteiger partial charge in [-0.05, 0) is 206 Å². The van der Waals surface area contributed by atoms with E-state index in [0.717, 1.165) is 57.8 Å². The van der Waals surface area contributed by atoms with E-state index < -0.39 is 234 Å². The van der Waals surface area contributed by atoms with Crippen LogP contribution in [0.4, 0.5) is 0 Å². The van der Waals surface area contributed by atoms with Crippen LogP contribution < -0.4 is 67.8 Å². The van der Waals surface area contributed by atoms with Gasteiger partial charge in [0, 0.05) is 18.5 Å². The minimum Gasteiger partial charge on any atom is -0.485 e. The number of hydrogen-bond donors (Lipinski definition) is 19. The molecule has 15 rings (SSSR count). The highest BCUT2D eigenvalue weighted by molar-refractivity contribution is 6.21. The summed E-state index contributed by atoms with van der Waals surface area (Å²) in [6, 6.07) is -9.83. The summed E-state index contributed by atoms with van der Waals surface area (Å²) in [6.07, 6.45) is -2.75. The van der Waals surface area contributed by atoms with Gasteiger partial charge in [0.15, 0.2) is 11.5 Å². The number of nitrogens with two attached hydrogens (primary N) is 1. The number of hydrogen-bond acceptors (Lipinski definition) is 23. The van der Waals surface area contributed by atoms with Crippen LogP contribution >= 0.6 is 23.2 Å². The molecule has 33 heteroatoms. The fraction of sp³-hybridized carbons (Fsp3) is 0.831. The predicted octanol–water partition coefficient (Wildman–Crippen LogP) is 1.62. The van der Waals surface area contributed by atoms with E-state index in [-0.39, 0.29) is 118 Å². The molecule has 8 amide bonds. The highest BCUT2D eigenvalue weighted by atomic mass is 35.5. The van der Waals surface area contributed by atoms with Crippen LogP contribution in [-0.2, 0) is 43.1 Å². The molecule has 2 saturated heterocycles. The van der Waals surface area contributed by atoms with Crippen LogP contribution in [0.1, 0.15) is 212 Å². The minimum absolute atomic E-state index is 0.00456. The number of rotatable bonds is 26. The molecule has 28 atom stereocenters. The lowest BCUT2D eigenvalue weighted by atomic mass is 9.54. The first-order valence-corrected chi connectivity index (χ1v) is 44.4. The van der Waals surface area contributed by atoms with Gasteiger partial charge in [-0.3, -0.25) is 38.4 Å². The molecule has 6 heterocycles. The largest absolute Gasteiger partial charge is 0.485 e. The second-order valence-corrected chi connectivity index (χ2v) is 37.6. The Balaban J connectivity index is 0.956. The van der Waals surface area contributed by atoms with E-state index in [1.165, 1.54) is 57.1 Å². The zero-order chi connectivity index (χ0) is 83.1. The quantitative estimate of drug-likeness (QED) is 0.0463. The topological polar surface area (TPSA) is 490 Å². The van der Waals surface area contributed by atoms with Gasteiger partial charge in [0.1, 0.15) is 72.9 Å². The molecule has 6 aliphatic heterocycles. The van der Waals surface area contributed by atoms with Crippen LogP contribution in [0.15, 0.2) is 12.1 Å². The van der Waals surface area contributed by atoms with Crippen molar-refractivity contribution in [1.29, 1.82) is 0 Å². The van der Waals surface area contributed by atoms with E-state index in [1.54, 1.807) is 7.05 Å². The van der Waals surface area contributed by atoms with Crippen molar-refractivity contribution in [1.82, 2.24) is 47.9 Å². The summed E-state index contributed by atoms with van der Waals surface area (Å²) in [5, 5.41) is 133. The van der Waals surface area contributed by atoms with Crippen LogP contribution in [0.5, 0.6) is 17.2 Å². The molecule has 4 unspecified atom stereocenters. The maximum absolute atomic E-state index is 16.5. The molecule has 0 spiro atoms. The highest BCUT2D eigenvalue weighted by Crippen LogP contribution is 2.55. The Morgan fingerprint density at radius 2 is 1.17 bits per heavy atom. The number of amides is 8. The van der Waals surface area contributed by atoms with Gasteiger partial charge in [-0.25, -0.2) is 0 Å². The van der Waals surface area contributed by atoms with Crippen molar-refractivity contribution in [3.05, 3.63) is 17.7 Å². The Labute approximate surface area is 689 Å². The monoisotopic (exact) mass is 1670 g/mol. The van der Waals surface area contributed by atoms with Crippen LogP contribution in [-0.4, -0.2) is 246 Å². The van der Waals surface area contributed by atoms with Crippen molar-refractivity contribution >= 4 is 70.5 Å². The highest BCUT2D eigenvalue weighted by Gasteiger charge is 2.58. The number of fused-ring (bicyclic) bond motifs is 15. The van der Waals surface area contributed by atoms with Gasteiger partial charge >= 0.3 is 0 Å². The van der Waals surface area contributed by atoms with E-state index in [0.29, 0.717) is 18.4 Å². The maximum Gasteiger partial charge on any atom is 0.247 e. The van der Waals surface area contributed by atoms with Gasteiger partial charge in [-0.1, -0.05) is 85.0 Å². The zero-order valence-electron chi connectivity index (χ0n) is 67.5. The molecule has 0 aromatic heterocycles. The maximum atomic E-state index is 16.5. The second-order valence-electron chi connectivity index (χ2n) is 36.4. The van der Waals surface area contributed by atoms with E-state index in [9.17, 15) is 55.5 Å². The third-order valence-corrected chi connectivity index (χ3v) is 28.9. The van der Waals surface area contributed by atoms with Crippen molar-refractivity contribution in [2.75, 3.05) is 26.7 Å². The number of nitrogens with one attached hydrogen (secondary N) is 9. The molecule has 8 aliphatic carbocycles. The number of carbonyl (C=O) groups excluding carboxylic acids is 8. The van der Waals surface area contributed by atoms with Crippen LogP contribution in [0.3, 0.4) is 0 Å². The molecule has 20 N–H and O–H groups in total. The van der Waals surface area contributed by atoms with E-state index in [4.69, 9.17) is 47.9 Å². The Morgan fingerprint density at radius 1 is 0.586 bits per heavy atom. The number of aliphatic hydroxyl groups excluding tert-OH is 9.